The van der Waals surface area contributed by atoms with Crippen molar-refractivity contribution in [3.63, 3.8) is 0 Å². The van der Waals surface area contributed by atoms with Crippen LogP contribution in [0.15, 0.2) is 54.7 Å². The number of nitriles is 1. The quantitative estimate of drug-likeness (QED) is 0.846. The van der Waals surface area contributed by atoms with Crippen LogP contribution in [-0.4, -0.2) is 28.1 Å². The third-order valence-corrected chi connectivity index (χ3v) is 5.04. The van der Waals surface area contributed by atoms with E-state index in [9.17, 15) is 10.1 Å². The highest BCUT2D eigenvalue weighted by Gasteiger charge is 2.41. The summed E-state index contributed by atoms with van der Waals surface area (Å²) in [6, 6.07) is 15.6. The Labute approximate surface area is 152 Å². The van der Waals surface area contributed by atoms with Gasteiger partial charge in [-0.25, -0.2) is 4.79 Å². The molecule has 2 aliphatic rings. The number of hydrogen-bond acceptors (Lipinski definition) is 4. The van der Waals surface area contributed by atoms with Crippen molar-refractivity contribution in [2.45, 2.75) is 38.0 Å². The molecule has 1 aromatic heterocycles. The van der Waals surface area contributed by atoms with Crippen LogP contribution in [0.3, 0.4) is 0 Å². The van der Waals surface area contributed by atoms with E-state index in [4.69, 9.17) is 4.74 Å². The molecule has 0 radical (unpaired) electrons. The predicted octanol–water partition coefficient (Wildman–Crippen LogP) is 3.91. The summed E-state index contributed by atoms with van der Waals surface area (Å²) in [6.07, 6.45) is 6.10. The second-order valence-corrected chi connectivity index (χ2v) is 6.65. The minimum absolute atomic E-state index is 0.0144. The molecule has 2 aromatic rings. The molecule has 130 valence electrons. The summed E-state index contributed by atoms with van der Waals surface area (Å²) in [7, 11) is 0. The van der Waals surface area contributed by atoms with Gasteiger partial charge in [-0.1, -0.05) is 36.4 Å². The smallest absolute Gasteiger partial charge is 0.410 e. The van der Waals surface area contributed by atoms with E-state index >= 15 is 0 Å². The molecule has 2 atom stereocenters. The van der Waals surface area contributed by atoms with Crippen LogP contribution in [-0.2, 0) is 11.3 Å². The minimum atomic E-state index is -0.266. The number of benzene rings is 1. The molecule has 2 unspecified atom stereocenters. The standard InChI is InChI=1S/C21H19N3O2/c22-13-16-7-4-10-23-20(16)17-11-18-8-9-19(12-17)24(18)21(25)26-14-15-5-2-1-3-6-15/h1-7,10-11,18-19H,8-9,12,14H2. The molecule has 5 heteroatoms. The highest BCUT2D eigenvalue weighted by Crippen LogP contribution is 2.39. The maximum atomic E-state index is 12.6. The molecule has 5 nitrogen and oxygen atoms in total. The van der Waals surface area contributed by atoms with Gasteiger partial charge in [0.05, 0.1) is 17.3 Å². The zero-order chi connectivity index (χ0) is 17.9. The topological polar surface area (TPSA) is 66.2 Å². The summed E-state index contributed by atoms with van der Waals surface area (Å²) >= 11 is 0. The number of fused-ring (bicyclic) bond motifs is 2. The fourth-order valence-electron chi connectivity index (χ4n) is 3.84. The Balaban J connectivity index is 1.50. The molecule has 1 amide bonds. The van der Waals surface area contributed by atoms with Gasteiger partial charge in [0.25, 0.3) is 0 Å². The number of nitrogens with zero attached hydrogens (tertiary/aromatic N) is 3. The van der Waals surface area contributed by atoms with E-state index in [1.165, 1.54) is 0 Å². The number of pyridine rings is 1. The summed E-state index contributed by atoms with van der Waals surface area (Å²) < 4.78 is 5.52. The molecular weight excluding hydrogens is 326 g/mol. The number of hydrogen-bond donors (Lipinski definition) is 0. The summed E-state index contributed by atoms with van der Waals surface area (Å²) in [5.41, 5.74) is 3.36. The zero-order valence-corrected chi connectivity index (χ0v) is 14.3. The Morgan fingerprint density at radius 1 is 1.23 bits per heavy atom. The number of rotatable bonds is 3. The molecule has 0 saturated carbocycles. The van der Waals surface area contributed by atoms with E-state index in [0.29, 0.717) is 12.0 Å². The van der Waals surface area contributed by atoms with Crippen molar-refractivity contribution in [1.82, 2.24) is 9.88 Å². The van der Waals surface area contributed by atoms with E-state index in [1.807, 2.05) is 35.2 Å². The van der Waals surface area contributed by atoms with E-state index in [1.54, 1.807) is 18.3 Å². The van der Waals surface area contributed by atoms with Gasteiger partial charge >= 0.3 is 6.09 Å². The summed E-state index contributed by atoms with van der Waals surface area (Å²) in [5.74, 6) is 0. The monoisotopic (exact) mass is 345 g/mol. The van der Waals surface area contributed by atoms with Crippen molar-refractivity contribution in [2.75, 3.05) is 0 Å². The Kier molecular flexibility index (Phi) is 4.40. The van der Waals surface area contributed by atoms with E-state index in [2.05, 4.69) is 17.1 Å². The Bertz CT molecular complexity index is 886. The SMILES string of the molecule is N#Cc1cccnc1C1=CC2CCC(C1)N2C(=O)OCc1ccccc1. The lowest BCUT2D eigenvalue weighted by Crippen LogP contribution is -2.43. The summed E-state index contributed by atoms with van der Waals surface area (Å²) in [5, 5.41) is 9.31. The van der Waals surface area contributed by atoms with E-state index in [-0.39, 0.29) is 24.8 Å². The van der Waals surface area contributed by atoms with Crippen LogP contribution < -0.4 is 0 Å². The van der Waals surface area contributed by atoms with Crippen molar-refractivity contribution < 1.29 is 9.53 Å². The third kappa shape index (κ3) is 3.06. The number of amides is 1. The van der Waals surface area contributed by atoms with Crippen molar-refractivity contribution in [2.24, 2.45) is 0 Å². The first-order valence-corrected chi connectivity index (χ1v) is 8.81. The predicted molar refractivity (Wildman–Crippen MR) is 96.8 cm³/mol. The van der Waals surface area contributed by atoms with Gasteiger partial charge in [0.15, 0.2) is 0 Å². The molecule has 0 aliphatic carbocycles. The van der Waals surface area contributed by atoms with Crippen molar-refractivity contribution in [3.05, 3.63) is 71.6 Å². The third-order valence-electron chi connectivity index (χ3n) is 5.04. The first kappa shape index (κ1) is 16.3. The molecule has 3 heterocycles. The van der Waals surface area contributed by atoms with Crippen LogP contribution in [0.1, 0.15) is 36.1 Å². The molecule has 0 N–H and O–H groups in total. The van der Waals surface area contributed by atoms with Crippen LogP contribution in [0.5, 0.6) is 0 Å². The highest BCUT2D eigenvalue weighted by molar-refractivity contribution is 5.75. The summed E-state index contributed by atoms with van der Waals surface area (Å²) in [6.45, 7) is 0.283. The Hall–Kier alpha value is -3.13. The molecule has 1 aromatic carbocycles. The minimum Gasteiger partial charge on any atom is -0.445 e. The van der Waals surface area contributed by atoms with Gasteiger partial charge < -0.3 is 4.74 Å². The number of aromatic nitrogens is 1. The Morgan fingerprint density at radius 3 is 2.85 bits per heavy atom. The Morgan fingerprint density at radius 2 is 2.08 bits per heavy atom. The lowest BCUT2D eigenvalue weighted by molar-refractivity contribution is 0.0832. The van der Waals surface area contributed by atoms with Crippen LogP contribution >= 0.6 is 0 Å². The zero-order valence-electron chi connectivity index (χ0n) is 14.3. The molecule has 1 fully saturated rings. The van der Waals surface area contributed by atoms with Gasteiger partial charge in [-0.05, 0) is 42.5 Å². The van der Waals surface area contributed by atoms with Crippen LogP contribution in [0, 0.1) is 11.3 Å². The molecule has 2 bridgehead atoms. The van der Waals surface area contributed by atoms with Crippen molar-refractivity contribution in [1.29, 1.82) is 5.26 Å². The van der Waals surface area contributed by atoms with Gasteiger partial charge in [-0.2, -0.15) is 5.26 Å². The molecule has 2 aliphatic heterocycles. The van der Waals surface area contributed by atoms with Crippen LogP contribution in [0.4, 0.5) is 4.79 Å². The highest BCUT2D eigenvalue weighted by atomic mass is 16.6. The van der Waals surface area contributed by atoms with Crippen molar-refractivity contribution >= 4 is 11.7 Å². The average Bonchev–Trinajstić information content (AvgIpc) is 2.96. The number of ether oxygens (including phenoxy) is 1. The average molecular weight is 345 g/mol. The maximum Gasteiger partial charge on any atom is 0.410 e. The maximum absolute atomic E-state index is 12.6. The molecule has 4 rings (SSSR count). The van der Waals surface area contributed by atoms with E-state index < -0.39 is 0 Å². The van der Waals surface area contributed by atoms with Gasteiger partial charge in [-0.3, -0.25) is 9.88 Å². The normalized spacial score (nSPS) is 21.0. The second kappa shape index (κ2) is 7.01. The fraction of sp³-hybridized carbons (Fsp3) is 0.286. The molecule has 26 heavy (non-hydrogen) atoms. The largest absolute Gasteiger partial charge is 0.445 e. The lowest BCUT2D eigenvalue weighted by Gasteiger charge is -2.33. The van der Waals surface area contributed by atoms with Gasteiger partial charge in [0.2, 0.25) is 0 Å². The second-order valence-electron chi connectivity index (χ2n) is 6.65. The van der Waals surface area contributed by atoms with E-state index in [0.717, 1.165) is 29.7 Å². The van der Waals surface area contributed by atoms with Gasteiger partial charge in [0, 0.05) is 12.2 Å². The first-order valence-electron chi connectivity index (χ1n) is 8.81. The molecule has 0 spiro atoms. The van der Waals surface area contributed by atoms with Gasteiger partial charge in [0.1, 0.15) is 12.7 Å². The number of carbonyl (C=O) groups is 1. The lowest BCUT2D eigenvalue weighted by atomic mass is 9.96. The molecule has 1 saturated heterocycles. The van der Waals surface area contributed by atoms with Crippen LogP contribution in [0.25, 0.3) is 5.57 Å². The first-order chi connectivity index (χ1) is 12.8. The fourth-order valence-corrected chi connectivity index (χ4v) is 3.84. The van der Waals surface area contributed by atoms with Crippen molar-refractivity contribution in [3.8, 4) is 6.07 Å². The summed E-state index contributed by atoms with van der Waals surface area (Å²) in [4.78, 5) is 18.8. The van der Waals surface area contributed by atoms with Gasteiger partial charge in [-0.15, -0.1) is 0 Å². The van der Waals surface area contributed by atoms with Crippen LogP contribution in [0.2, 0.25) is 0 Å². The molecular formula is C21H19N3O2. The number of carbonyl (C=O) groups excluding carboxylic acids is 1.